The van der Waals surface area contributed by atoms with E-state index >= 15 is 0 Å². The van der Waals surface area contributed by atoms with Crippen LogP contribution < -0.4 is 15.1 Å². The van der Waals surface area contributed by atoms with Crippen LogP contribution in [0.1, 0.15) is 67.1 Å². The lowest BCUT2D eigenvalue weighted by Gasteiger charge is -2.39. The first-order valence-corrected chi connectivity index (χ1v) is 16.3. The van der Waals surface area contributed by atoms with Crippen LogP contribution in [0.2, 0.25) is 0 Å². The molecule has 0 aliphatic carbocycles. The first-order valence-electron chi connectivity index (χ1n) is 16.3. The minimum absolute atomic E-state index is 0.256. The fourth-order valence-electron chi connectivity index (χ4n) is 8.77. The molecule has 4 fully saturated rings. The van der Waals surface area contributed by atoms with Crippen molar-refractivity contribution in [3.63, 3.8) is 0 Å². The predicted octanol–water partition coefficient (Wildman–Crippen LogP) is 4.81. The summed E-state index contributed by atoms with van der Waals surface area (Å²) in [4.78, 5) is 12.1. The number of hydrogen-bond donors (Lipinski definition) is 2. The first kappa shape index (κ1) is 27.7. The number of piperazine rings is 1. The maximum absolute atomic E-state index is 14.6. The Morgan fingerprint density at radius 3 is 2.77 bits per heavy atom. The fourth-order valence-corrected chi connectivity index (χ4v) is 8.77. The highest BCUT2D eigenvalue weighted by Gasteiger charge is 2.48. The number of hydrogen-bond acceptors (Lipinski definition) is 7. The number of pyridine rings is 1. The molecule has 4 atom stereocenters. The predicted molar refractivity (Wildman–Crippen MR) is 171 cm³/mol. The van der Waals surface area contributed by atoms with Crippen molar-refractivity contribution >= 4 is 22.1 Å². The van der Waals surface area contributed by atoms with Crippen LogP contribution in [0.25, 0.3) is 10.8 Å². The zero-order valence-corrected chi connectivity index (χ0v) is 25.4. The van der Waals surface area contributed by atoms with Gasteiger partial charge in [-0.25, -0.2) is 9.37 Å². The molecule has 44 heavy (non-hydrogen) atoms. The maximum atomic E-state index is 14.6. The number of anilines is 2. The highest BCUT2D eigenvalue weighted by Crippen LogP contribution is 2.42. The van der Waals surface area contributed by atoms with Gasteiger partial charge in [0.15, 0.2) is 0 Å². The molecule has 226 valence electrons. The molecule has 8 heteroatoms. The summed E-state index contributed by atoms with van der Waals surface area (Å²) in [5.41, 5.74) is 6.00. The van der Waals surface area contributed by atoms with Gasteiger partial charge in [-0.05, 0) is 68.0 Å². The SMILES string of the molecule is CCc1cccc2cc(O)cc(N3CCc4c(nc(C#CC56CCCN5C[C@H](F)C6)c(C#N)c4N4CC5CCC(C4)N5)C3)c12. The monoisotopic (exact) mass is 590 g/mol. The van der Waals surface area contributed by atoms with Crippen molar-refractivity contribution in [3.05, 3.63) is 58.4 Å². The molecule has 5 aliphatic rings. The molecule has 2 N–H and O–H groups in total. The molecule has 2 bridgehead atoms. The highest BCUT2D eigenvalue weighted by molar-refractivity contribution is 5.98. The summed E-state index contributed by atoms with van der Waals surface area (Å²) in [6.45, 7) is 6.57. The van der Waals surface area contributed by atoms with E-state index in [1.807, 2.05) is 12.1 Å². The number of fused-ring (bicyclic) bond motifs is 5. The molecule has 7 nitrogen and oxygen atoms in total. The van der Waals surface area contributed by atoms with Gasteiger partial charge in [-0.3, -0.25) is 4.90 Å². The Morgan fingerprint density at radius 2 is 1.98 bits per heavy atom. The molecule has 0 saturated carbocycles. The lowest BCUT2D eigenvalue weighted by molar-refractivity contribution is 0.255. The van der Waals surface area contributed by atoms with Gasteiger partial charge in [0.1, 0.15) is 29.2 Å². The second-order valence-corrected chi connectivity index (χ2v) is 13.4. The number of benzene rings is 2. The Balaban J connectivity index is 1.25. The molecule has 3 unspecified atom stereocenters. The average Bonchev–Trinajstić information content (AvgIpc) is 3.68. The number of aryl methyl sites for hydroxylation is 1. The van der Waals surface area contributed by atoms with Crippen molar-refractivity contribution in [1.82, 2.24) is 15.2 Å². The molecule has 6 heterocycles. The smallest absolute Gasteiger partial charge is 0.133 e. The Bertz CT molecular complexity index is 1740. The van der Waals surface area contributed by atoms with E-state index in [2.05, 4.69) is 63.0 Å². The molecule has 0 amide bonds. The van der Waals surface area contributed by atoms with Crippen LogP contribution in [0.15, 0.2) is 30.3 Å². The van der Waals surface area contributed by atoms with Gasteiger partial charge in [-0.15, -0.1) is 0 Å². The molecule has 0 radical (unpaired) electrons. The van der Waals surface area contributed by atoms with E-state index in [9.17, 15) is 14.8 Å². The standard InChI is InChI=1S/C36H39FN6O/c1-2-23-5-3-6-24-15-28(44)16-33(34(23)24)41-14-10-29-32(22-41)40-31(9-12-36-11-4-13-43(36)19-25(37)17-36)30(18-38)35(29)42-20-26-7-8-27(21-42)39-26/h3,5-6,15-16,25-27,39,44H,2,4,7-8,10-11,13-14,17,19-22H2,1H3/t25-,26?,27?,36?/m1/s1. The van der Waals surface area contributed by atoms with E-state index in [4.69, 9.17) is 4.98 Å². The molecule has 5 aliphatic heterocycles. The summed E-state index contributed by atoms with van der Waals surface area (Å²) in [5, 5.41) is 27.3. The van der Waals surface area contributed by atoms with Crippen molar-refractivity contribution < 1.29 is 9.50 Å². The number of halogens is 1. The van der Waals surface area contributed by atoms with Crippen molar-refractivity contribution in [2.45, 2.75) is 82.2 Å². The number of alkyl halides is 1. The topological polar surface area (TPSA) is 78.7 Å². The second kappa shape index (κ2) is 10.6. The quantitative estimate of drug-likeness (QED) is 0.424. The molecule has 8 rings (SSSR count). The first-order chi connectivity index (χ1) is 21.4. The highest BCUT2D eigenvalue weighted by atomic mass is 19.1. The number of aromatic hydroxyl groups is 1. The maximum Gasteiger partial charge on any atom is 0.133 e. The summed E-state index contributed by atoms with van der Waals surface area (Å²) < 4.78 is 14.6. The van der Waals surface area contributed by atoms with Crippen LogP contribution >= 0.6 is 0 Å². The second-order valence-electron chi connectivity index (χ2n) is 13.4. The van der Waals surface area contributed by atoms with Crippen molar-refractivity contribution in [3.8, 4) is 23.7 Å². The van der Waals surface area contributed by atoms with Gasteiger partial charge in [0, 0.05) is 67.4 Å². The third-order valence-electron chi connectivity index (χ3n) is 10.7. The van der Waals surface area contributed by atoms with Crippen LogP contribution in [0.4, 0.5) is 15.8 Å². The summed E-state index contributed by atoms with van der Waals surface area (Å²) in [6, 6.07) is 13.4. The lowest BCUT2D eigenvalue weighted by Crippen LogP contribution is -2.52. The third kappa shape index (κ3) is 4.50. The van der Waals surface area contributed by atoms with Crippen LogP contribution in [-0.4, -0.2) is 71.5 Å². The number of aromatic nitrogens is 1. The molecule has 4 saturated heterocycles. The average molecular weight is 591 g/mol. The lowest BCUT2D eigenvalue weighted by atomic mass is 9.92. The van der Waals surface area contributed by atoms with Gasteiger partial charge >= 0.3 is 0 Å². The number of phenols is 1. The largest absolute Gasteiger partial charge is 0.508 e. The zero-order chi connectivity index (χ0) is 30.0. The van der Waals surface area contributed by atoms with Crippen molar-refractivity contribution in [2.24, 2.45) is 0 Å². The Labute approximate surface area is 258 Å². The summed E-state index contributed by atoms with van der Waals surface area (Å²) in [7, 11) is 0. The molecule has 0 spiro atoms. The Kier molecular flexibility index (Phi) is 6.70. The number of nitrogens with one attached hydrogen (secondary N) is 1. The van der Waals surface area contributed by atoms with Gasteiger partial charge < -0.3 is 20.2 Å². The third-order valence-corrected chi connectivity index (χ3v) is 10.7. The van der Waals surface area contributed by atoms with Gasteiger partial charge in [-0.2, -0.15) is 5.26 Å². The van der Waals surface area contributed by atoms with Gasteiger partial charge in [-0.1, -0.05) is 31.0 Å². The van der Waals surface area contributed by atoms with Crippen molar-refractivity contribution in [1.29, 1.82) is 5.26 Å². The summed E-state index contributed by atoms with van der Waals surface area (Å²) in [5.74, 6) is 7.11. The number of nitriles is 1. The van der Waals surface area contributed by atoms with Crippen LogP contribution in [-0.2, 0) is 19.4 Å². The molecule has 3 aromatic rings. The number of rotatable bonds is 3. The molecule has 2 aromatic carbocycles. The fraction of sp³-hybridized carbons (Fsp3) is 0.500. The van der Waals surface area contributed by atoms with Crippen LogP contribution in [0.5, 0.6) is 5.75 Å². The normalized spacial score (nSPS) is 27.6. The molecular formula is C36H39FN6O. The number of phenolic OH excluding ortho intramolecular Hbond substituents is 1. The van der Waals surface area contributed by atoms with Crippen LogP contribution in [0.3, 0.4) is 0 Å². The van der Waals surface area contributed by atoms with Gasteiger partial charge in [0.05, 0.1) is 23.5 Å². The van der Waals surface area contributed by atoms with E-state index in [1.165, 1.54) is 10.9 Å². The van der Waals surface area contributed by atoms with Gasteiger partial charge in [0.2, 0.25) is 0 Å². The van der Waals surface area contributed by atoms with E-state index in [0.717, 1.165) is 92.7 Å². The zero-order valence-electron chi connectivity index (χ0n) is 25.4. The molecule has 1 aromatic heterocycles. The Morgan fingerprint density at radius 1 is 1.14 bits per heavy atom. The van der Waals surface area contributed by atoms with E-state index in [0.29, 0.717) is 42.9 Å². The van der Waals surface area contributed by atoms with E-state index in [-0.39, 0.29) is 5.75 Å². The van der Waals surface area contributed by atoms with Crippen LogP contribution in [0, 0.1) is 23.2 Å². The summed E-state index contributed by atoms with van der Waals surface area (Å²) in [6.07, 6.45) is 5.42. The minimum Gasteiger partial charge on any atom is -0.508 e. The Hall–Kier alpha value is -3.85. The van der Waals surface area contributed by atoms with Crippen molar-refractivity contribution in [2.75, 3.05) is 42.5 Å². The minimum atomic E-state index is -0.859. The van der Waals surface area contributed by atoms with E-state index in [1.54, 1.807) is 0 Å². The van der Waals surface area contributed by atoms with Gasteiger partial charge in [0.25, 0.3) is 0 Å². The molecular weight excluding hydrogens is 551 g/mol. The number of nitrogens with zero attached hydrogens (tertiary/aromatic N) is 5. The summed E-state index contributed by atoms with van der Waals surface area (Å²) >= 11 is 0. The van der Waals surface area contributed by atoms with E-state index < -0.39 is 11.7 Å².